The lowest BCUT2D eigenvalue weighted by atomic mass is 9.94. The number of nitrogens with two attached hydrogens (primary N) is 1. The molecule has 9 heteroatoms. The van der Waals surface area contributed by atoms with E-state index in [9.17, 15) is 4.79 Å². The minimum absolute atomic E-state index is 0. The van der Waals surface area contributed by atoms with Crippen LogP contribution in [0.2, 0.25) is 0 Å². The molecule has 0 spiro atoms. The number of likely N-dealkylation sites (tertiary alicyclic amines) is 1. The van der Waals surface area contributed by atoms with Gasteiger partial charge in [0.15, 0.2) is 5.96 Å². The maximum atomic E-state index is 11.3. The smallest absolute Gasteiger partial charge is 0.217 e. The molecule has 3 fully saturated rings. The van der Waals surface area contributed by atoms with Gasteiger partial charge in [0.1, 0.15) is 0 Å². The molecule has 0 aliphatic carbocycles. The van der Waals surface area contributed by atoms with Gasteiger partial charge in [0, 0.05) is 44.9 Å². The average molecular weight is 526 g/mol. The highest BCUT2D eigenvalue weighted by molar-refractivity contribution is 14.0. The van der Waals surface area contributed by atoms with E-state index < -0.39 is 0 Å². The Bertz CT molecular complexity index is 524. The highest BCUT2D eigenvalue weighted by Gasteiger charge is 2.40. The number of primary amides is 1. The first-order valence-corrected chi connectivity index (χ1v) is 11.5. The van der Waals surface area contributed by atoms with E-state index >= 15 is 0 Å². The third-order valence-corrected chi connectivity index (χ3v) is 7.17. The molecule has 3 saturated heterocycles. The molecule has 3 rings (SSSR count). The number of nitrogens with one attached hydrogen (secondary N) is 1. The first-order chi connectivity index (χ1) is 13.1. The number of guanidine groups is 1. The zero-order chi connectivity index (χ0) is 19.1. The zero-order valence-corrected chi connectivity index (χ0v) is 20.2. The summed E-state index contributed by atoms with van der Waals surface area (Å²) in [7, 11) is 0. The number of carbonyl (C=O) groups excluding carboxylic acids is 1. The third-order valence-electron chi connectivity index (χ3n) is 5.93. The van der Waals surface area contributed by atoms with E-state index in [0.29, 0.717) is 12.3 Å². The van der Waals surface area contributed by atoms with Gasteiger partial charge in [-0.1, -0.05) is 0 Å². The number of rotatable bonds is 6. The van der Waals surface area contributed by atoms with Gasteiger partial charge in [-0.2, -0.15) is 11.8 Å². The van der Waals surface area contributed by atoms with Crippen LogP contribution in [0.1, 0.15) is 32.6 Å². The Hall–Kier alpha value is -0.260. The minimum Gasteiger partial charge on any atom is -0.379 e. The summed E-state index contributed by atoms with van der Waals surface area (Å²) in [5.74, 6) is 3.51. The predicted octanol–water partition coefficient (Wildman–Crippen LogP) is 1.37. The number of hydrogen-bond donors (Lipinski definition) is 2. The van der Waals surface area contributed by atoms with Crippen LogP contribution in [-0.4, -0.2) is 91.2 Å². The summed E-state index contributed by atoms with van der Waals surface area (Å²) < 4.78 is 5.56. The van der Waals surface area contributed by atoms with Crippen molar-refractivity contribution in [3.63, 3.8) is 0 Å². The lowest BCUT2D eigenvalue weighted by Crippen LogP contribution is -2.56. The van der Waals surface area contributed by atoms with E-state index in [4.69, 9.17) is 15.5 Å². The quantitative estimate of drug-likeness (QED) is 0.310. The Morgan fingerprint density at radius 1 is 1.36 bits per heavy atom. The highest BCUT2D eigenvalue weighted by Crippen LogP contribution is 2.34. The van der Waals surface area contributed by atoms with Crippen molar-refractivity contribution in [3.8, 4) is 0 Å². The summed E-state index contributed by atoms with van der Waals surface area (Å²) in [5.41, 5.74) is 5.59. The minimum atomic E-state index is -0.196. The van der Waals surface area contributed by atoms with E-state index in [1.165, 1.54) is 12.2 Å². The Morgan fingerprint density at radius 2 is 2.14 bits per heavy atom. The number of piperidine rings is 1. The number of halogens is 1. The summed E-state index contributed by atoms with van der Waals surface area (Å²) in [6, 6.07) is 0. The molecule has 0 saturated carbocycles. The number of nitrogens with zero attached hydrogens (tertiary/aromatic N) is 3. The van der Waals surface area contributed by atoms with Crippen LogP contribution < -0.4 is 11.1 Å². The van der Waals surface area contributed by atoms with Gasteiger partial charge in [-0.3, -0.25) is 14.7 Å². The Balaban J connectivity index is 0.00000280. The van der Waals surface area contributed by atoms with Gasteiger partial charge in [-0.05, 0) is 37.9 Å². The maximum Gasteiger partial charge on any atom is 0.217 e. The number of ether oxygens (including phenoxy) is 1. The molecule has 3 aliphatic rings. The molecule has 1 amide bonds. The molecule has 2 atom stereocenters. The van der Waals surface area contributed by atoms with Crippen LogP contribution >= 0.6 is 35.7 Å². The van der Waals surface area contributed by atoms with Crippen molar-refractivity contribution in [1.82, 2.24) is 15.1 Å². The lowest BCUT2D eigenvalue weighted by Gasteiger charge is -2.42. The Kier molecular flexibility index (Phi) is 10.1. The molecule has 162 valence electrons. The predicted molar refractivity (Wildman–Crippen MR) is 127 cm³/mol. The van der Waals surface area contributed by atoms with Crippen LogP contribution in [0.4, 0.5) is 0 Å². The number of thioether (sulfide) groups is 1. The fourth-order valence-corrected chi connectivity index (χ4v) is 5.93. The second-order valence-electron chi connectivity index (χ2n) is 7.92. The molecule has 0 radical (unpaired) electrons. The molecule has 0 aromatic rings. The number of carbonyl (C=O) groups is 1. The normalized spacial score (nSPS) is 29.4. The van der Waals surface area contributed by atoms with E-state index in [-0.39, 0.29) is 35.4 Å². The molecule has 7 nitrogen and oxygen atoms in total. The fraction of sp³-hybridized carbons (Fsp3) is 0.895. The monoisotopic (exact) mass is 525 g/mol. The van der Waals surface area contributed by atoms with Crippen LogP contribution in [-0.2, 0) is 9.53 Å². The Morgan fingerprint density at radius 3 is 2.79 bits per heavy atom. The van der Waals surface area contributed by atoms with Crippen molar-refractivity contribution in [2.24, 2.45) is 16.6 Å². The number of amides is 1. The average Bonchev–Trinajstić information content (AvgIpc) is 3.16. The summed E-state index contributed by atoms with van der Waals surface area (Å²) in [6.07, 6.45) is 3.84. The molecule has 0 bridgehead atoms. The standard InChI is InChI=1S/C19H35N5O2S.HI/c1-2-21-18(23-6-3-4-16(13-23)12-17(20)25)22-14-19(5-11-27-15-19)24-7-9-26-10-8-24;/h16H,2-15H2,1H3,(H2,20,25)(H,21,22);1H. The van der Waals surface area contributed by atoms with Crippen LogP contribution in [0.15, 0.2) is 4.99 Å². The van der Waals surface area contributed by atoms with Gasteiger partial charge in [0.2, 0.25) is 5.91 Å². The van der Waals surface area contributed by atoms with E-state index in [0.717, 1.165) is 77.0 Å². The second kappa shape index (κ2) is 11.8. The van der Waals surface area contributed by atoms with Gasteiger partial charge in [-0.25, -0.2) is 0 Å². The first kappa shape index (κ1) is 24.0. The molecular formula is C19H36IN5O2S. The SMILES string of the molecule is CCNC(=NCC1(N2CCOCC2)CCSC1)N1CCCC(CC(N)=O)C1.I. The van der Waals surface area contributed by atoms with Crippen LogP contribution in [0.5, 0.6) is 0 Å². The molecular weight excluding hydrogens is 489 g/mol. The van der Waals surface area contributed by atoms with Crippen LogP contribution in [0, 0.1) is 5.92 Å². The fourth-order valence-electron chi connectivity index (χ4n) is 4.46. The van der Waals surface area contributed by atoms with Crippen molar-refractivity contribution >= 4 is 47.6 Å². The summed E-state index contributed by atoms with van der Waals surface area (Å²) >= 11 is 2.05. The van der Waals surface area contributed by atoms with Gasteiger partial charge in [-0.15, -0.1) is 24.0 Å². The zero-order valence-electron chi connectivity index (χ0n) is 17.0. The molecule has 3 N–H and O–H groups in total. The summed E-state index contributed by atoms with van der Waals surface area (Å²) in [6.45, 7) is 9.36. The van der Waals surface area contributed by atoms with Gasteiger partial charge in [0.05, 0.1) is 25.3 Å². The maximum absolute atomic E-state index is 11.3. The van der Waals surface area contributed by atoms with E-state index in [1.54, 1.807) is 0 Å². The highest BCUT2D eigenvalue weighted by atomic mass is 127. The van der Waals surface area contributed by atoms with Crippen LogP contribution in [0.3, 0.4) is 0 Å². The summed E-state index contributed by atoms with van der Waals surface area (Å²) in [5, 5.41) is 3.48. The topological polar surface area (TPSA) is 83.2 Å². The molecule has 3 aliphatic heterocycles. The van der Waals surface area contributed by atoms with Gasteiger partial charge >= 0.3 is 0 Å². The van der Waals surface area contributed by atoms with E-state index in [1.807, 2.05) is 11.8 Å². The van der Waals surface area contributed by atoms with Gasteiger partial charge in [0.25, 0.3) is 0 Å². The molecule has 0 aromatic heterocycles. The molecule has 2 unspecified atom stereocenters. The summed E-state index contributed by atoms with van der Waals surface area (Å²) in [4.78, 5) is 21.4. The molecule has 3 heterocycles. The third kappa shape index (κ3) is 6.37. The van der Waals surface area contributed by atoms with Crippen molar-refractivity contribution in [3.05, 3.63) is 0 Å². The first-order valence-electron chi connectivity index (χ1n) is 10.3. The van der Waals surface area contributed by atoms with E-state index in [2.05, 4.69) is 22.0 Å². The van der Waals surface area contributed by atoms with Crippen molar-refractivity contribution in [1.29, 1.82) is 0 Å². The van der Waals surface area contributed by atoms with Crippen molar-refractivity contribution < 1.29 is 9.53 Å². The Labute approximate surface area is 190 Å². The second-order valence-corrected chi connectivity index (χ2v) is 9.03. The number of hydrogen-bond acceptors (Lipinski definition) is 5. The largest absolute Gasteiger partial charge is 0.379 e. The number of aliphatic imine (C=N–C) groups is 1. The van der Waals surface area contributed by atoms with Crippen molar-refractivity contribution in [2.45, 2.75) is 38.1 Å². The number of morpholine rings is 1. The van der Waals surface area contributed by atoms with Gasteiger partial charge < -0.3 is 20.7 Å². The van der Waals surface area contributed by atoms with Crippen molar-refractivity contribution in [2.75, 3.05) is 64.0 Å². The molecule has 0 aromatic carbocycles. The molecule has 28 heavy (non-hydrogen) atoms. The van der Waals surface area contributed by atoms with Crippen LogP contribution in [0.25, 0.3) is 0 Å². The lowest BCUT2D eigenvalue weighted by molar-refractivity contribution is -0.119.